The summed E-state index contributed by atoms with van der Waals surface area (Å²) in [6, 6.07) is -1.13. The van der Waals surface area contributed by atoms with Gasteiger partial charge in [0.2, 0.25) is 5.60 Å². The number of rotatable bonds is 15. The number of carbonyl (C=O) groups is 4. The second-order valence-electron chi connectivity index (χ2n) is 11.3. The van der Waals surface area contributed by atoms with Gasteiger partial charge in [0.15, 0.2) is 29.8 Å². The number of thiazole rings is 1. The zero-order valence-electron chi connectivity index (χ0n) is 26.6. The maximum atomic E-state index is 13.4. The molecule has 0 aliphatic carbocycles. The molecule has 4 heterocycles. The lowest BCUT2D eigenvalue weighted by Gasteiger charge is -2.49. The lowest BCUT2D eigenvalue weighted by Crippen LogP contribution is -2.71. The largest absolute Gasteiger partial charge is 0.478 e. The summed E-state index contributed by atoms with van der Waals surface area (Å²) in [4.78, 5) is 60.9. The van der Waals surface area contributed by atoms with Gasteiger partial charge >= 0.3 is 11.9 Å². The predicted octanol–water partition coefficient (Wildman–Crippen LogP) is 0.923. The Labute approximate surface area is 294 Å². The molecule has 49 heavy (non-hydrogen) atoms. The minimum Gasteiger partial charge on any atom is -0.478 e. The Bertz CT molecular complexity index is 1730. The van der Waals surface area contributed by atoms with Crippen LogP contribution in [0.1, 0.15) is 32.4 Å². The average Bonchev–Trinajstić information content (AvgIpc) is 3.38. The van der Waals surface area contributed by atoms with Crippen LogP contribution in [0.4, 0.5) is 5.13 Å². The normalized spacial score (nSPS) is 21.8. The number of nitrogens with two attached hydrogens (primary N) is 3. The Hall–Kier alpha value is -4.65. The predicted molar refractivity (Wildman–Crippen MR) is 187 cm³/mol. The lowest BCUT2D eigenvalue weighted by atomic mass is 10.0. The molecular formula is C30H37ClN9O7S2+. The molecule has 1 saturated heterocycles. The zero-order chi connectivity index (χ0) is 35.9. The van der Waals surface area contributed by atoms with Gasteiger partial charge in [-0.05, 0) is 51.0 Å². The molecule has 2 atom stereocenters. The molecule has 1 aromatic rings. The van der Waals surface area contributed by atoms with Crippen LogP contribution in [0.15, 0.2) is 64.4 Å². The summed E-state index contributed by atoms with van der Waals surface area (Å²) in [7, 11) is 0. The van der Waals surface area contributed by atoms with E-state index in [2.05, 4.69) is 20.8 Å². The molecule has 1 fully saturated rings. The van der Waals surface area contributed by atoms with E-state index >= 15 is 0 Å². The molecule has 1 aromatic heterocycles. The highest BCUT2D eigenvalue weighted by molar-refractivity contribution is 8.00. The first-order valence-electron chi connectivity index (χ1n) is 14.9. The summed E-state index contributed by atoms with van der Waals surface area (Å²) in [5, 5.41) is 28.3. The number of nitrogen functional groups attached to an aromatic ring is 1. The van der Waals surface area contributed by atoms with Crippen molar-refractivity contribution in [3.63, 3.8) is 0 Å². The Morgan fingerprint density at radius 2 is 2.02 bits per heavy atom. The average molecular weight is 735 g/mol. The molecule has 0 saturated carbocycles. The molecule has 262 valence electrons. The van der Waals surface area contributed by atoms with Crippen LogP contribution in [-0.4, -0.2) is 103 Å². The first-order chi connectivity index (χ1) is 23.2. The molecule has 0 aromatic carbocycles. The van der Waals surface area contributed by atoms with E-state index < -0.39 is 46.5 Å². The highest BCUT2D eigenvalue weighted by Crippen LogP contribution is 2.40. The van der Waals surface area contributed by atoms with E-state index in [0.29, 0.717) is 30.9 Å². The first kappa shape index (κ1) is 37.2. The Kier molecular flexibility index (Phi) is 12.3. The summed E-state index contributed by atoms with van der Waals surface area (Å²) in [6.07, 6.45) is 14.3. The number of oxime groups is 1. The highest BCUT2D eigenvalue weighted by Gasteiger charge is 2.54. The van der Waals surface area contributed by atoms with Gasteiger partial charge in [0, 0.05) is 18.4 Å². The molecule has 16 nitrogen and oxygen atoms in total. The van der Waals surface area contributed by atoms with E-state index in [1.54, 1.807) is 18.2 Å². The first-order valence-corrected chi connectivity index (χ1v) is 17.2. The number of amides is 2. The topological polar surface area (TPSA) is 252 Å². The van der Waals surface area contributed by atoms with Crippen molar-refractivity contribution < 1.29 is 38.8 Å². The van der Waals surface area contributed by atoms with Crippen molar-refractivity contribution in [3.05, 3.63) is 69.3 Å². The fourth-order valence-electron chi connectivity index (χ4n) is 4.60. The van der Waals surface area contributed by atoms with Crippen LogP contribution in [0.3, 0.4) is 0 Å². The van der Waals surface area contributed by atoms with Gasteiger partial charge in [-0.25, -0.2) is 14.6 Å². The Morgan fingerprint density at radius 1 is 1.27 bits per heavy atom. The summed E-state index contributed by atoms with van der Waals surface area (Å²) in [5.74, 6) is -4.04. The number of allylic oxidation sites excluding steroid dienone is 5. The maximum absolute atomic E-state index is 13.4. The number of hydrogen-bond donors (Lipinski definition) is 7. The number of carboxylic acid groups (broad SMARTS) is 2. The van der Waals surface area contributed by atoms with Gasteiger partial charge in [-0.2, -0.15) is 4.58 Å². The number of carbonyl (C=O) groups excluding carboxylic acids is 2. The van der Waals surface area contributed by atoms with Gasteiger partial charge in [-0.1, -0.05) is 40.2 Å². The molecule has 10 N–H and O–H groups in total. The van der Waals surface area contributed by atoms with Crippen molar-refractivity contribution in [2.75, 3.05) is 31.1 Å². The van der Waals surface area contributed by atoms with E-state index in [-0.39, 0.29) is 26.6 Å². The molecule has 3 aliphatic rings. The van der Waals surface area contributed by atoms with Gasteiger partial charge in [-0.3, -0.25) is 14.5 Å². The van der Waals surface area contributed by atoms with E-state index in [1.807, 2.05) is 29.1 Å². The molecule has 1 unspecified atom stereocenters. The van der Waals surface area contributed by atoms with Crippen LogP contribution in [-0.2, 0) is 24.0 Å². The summed E-state index contributed by atoms with van der Waals surface area (Å²) in [5.41, 5.74) is 16.5. The molecular weight excluding hydrogens is 698 g/mol. The molecule has 0 radical (unpaired) electrons. The second-order valence-corrected chi connectivity index (χ2v) is 14.0. The number of unbranched alkanes of at least 4 members (excludes halogenated alkanes) is 1. The molecule has 19 heteroatoms. The summed E-state index contributed by atoms with van der Waals surface area (Å²) in [6.45, 7) is 4.11. The van der Waals surface area contributed by atoms with E-state index in [1.165, 1.54) is 25.6 Å². The fourth-order valence-corrected chi connectivity index (χ4v) is 6.84. The van der Waals surface area contributed by atoms with Gasteiger partial charge in [0.1, 0.15) is 32.8 Å². The fraction of sp³-hybridized carbons (Fsp3) is 0.367. The van der Waals surface area contributed by atoms with Crippen LogP contribution in [0, 0.1) is 0 Å². The number of nitrogens with zero attached hydrogens (tertiary/aromatic N) is 4. The number of halogens is 1. The van der Waals surface area contributed by atoms with Gasteiger partial charge in [0.05, 0.1) is 5.70 Å². The quantitative estimate of drug-likeness (QED) is 0.0436. The maximum Gasteiger partial charge on any atom is 0.352 e. The molecule has 4 rings (SSSR count). The van der Waals surface area contributed by atoms with Crippen molar-refractivity contribution in [1.82, 2.24) is 20.5 Å². The van der Waals surface area contributed by atoms with Crippen LogP contribution < -0.4 is 27.8 Å². The van der Waals surface area contributed by atoms with Crippen LogP contribution in [0.5, 0.6) is 0 Å². The summed E-state index contributed by atoms with van der Waals surface area (Å²) < 4.78 is 1.86. The molecule has 3 aliphatic heterocycles. The third kappa shape index (κ3) is 8.88. The number of carboxylic acids is 2. The van der Waals surface area contributed by atoms with E-state index in [4.69, 9.17) is 33.6 Å². The van der Waals surface area contributed by atoms with E-state index in [9.17, 15) is 29.4 Å². The number of nitrogens with one attached hydrogen (secondary N) is 2. The van der Waals surface area contributed by atoms with Gasteiger partial charge < -0.3 is 42.9 Å². The molecule has 2 amide bonds. The van der Waals surface area contributed by atoms with Gasteiger partial charge in [-0.15, -0.1) is 11.8 Å². The summed E-state index contributed by atoms with van der Waals surface area (Å²) >= 11 is 8.31. The second kappa shape index (κ2) is 16.2. The van der Waals surface area contributed by atoms with Crippen LogP contribution in [0.25, 0.3) is 0 Å². The minimum absolute atomic E-state index is 0.0108. The van der Waals surface area contributed by atoms with Crippen molar-refractivity contribution in [2.24, 2.45) is 16.6 Å². The molecule has 0 spiro atoms. The van der Waals surface area contributed by atoms with Crippen LogP contribution in [0.2, 0.25) is 4.34 Å². The number of fused-ring (bicyclic) bond motifs is 1. The minimum atomic E-state index is -1.82. The Morgan fingerprint density at radius 3 is 2.67 bits per heavy atom. The number of β-lactam (4-membered cyclic amide) rings is 1. The third-order valence-electron chi connectivity index (χ3n) is 7.26. The van der Waals surface area contributed by atoms with Crippen LogP contribution >= 0.6 is 34.7 Å². The number of aliphatic carboxylic acids is 2. The van der Waals surface area contributed by atoms with Gasteiger partial charge in [0.25, 0.3) is 11.8 Å². The smallest absolute Gasteiger partial charge is 0.352 e. The monoisotopic (exact) mass is 734 g/mol. The third-order valence-corrected chi connectivity index (χ3v) is 9.65. The van der Waals surface area contributed by atoms with Crippen molar-refractivity contribution >= 4 is 75.5 Å². The lowest BCUT2D eigenvalue weighted by molar-refractivity contribution is -0.439. The zero-order valence-corrected chi connectivity index (χ0v) is 29.0. The highest BCUT2D eigenvalue weighted by atomic mass is 35.5. The van der Waals surface area contributed by atoms with E-state index in [0.717, 1.165) is 34.8 Å². The SMILES string of the molecule is CC(C)(O/N=C(\C(=O)N[C@@H]1C(=O)N2C(C(=O)O)=C(/C=C/C[N+]3=C/C(NCCCCN)=C(N)\C=C\C=C3)CSC12)c1nc(N)sc1Cl)C(=O)O. The number of anilines is 1. The Balaban J connectivity index is 1.50. The molecule has 0 bridgehead atoms. The number of thioether (sulfide) groups is 1. The standard InChI is InChI=1S/C30H36ClN9O7S2/c1-30(2,28(45)46)47-38-20(19-23(31)49-29(34)37-19)24(41)36-21-25(42)40-22(27(43)44)16(15-48-26(21)40)8-7-13-39-12-6-3-9-17(33)18(14-39)35-11-5-4-10-32/h3,6-9,12,14,21,26,33,35H,4-5,10-11,13,15,32H2,1-2H3,(H5,34,36,37,41,43,44,45,46)/p+1/b8-7+,9-3+,12-6?,18-14?,38-20-/t21-,26?/m1/s1. The van der Waals surface area contributed by atoms with Crippen molar-refractivity contribution in [3.8, 4) is 0 Å². The number of hydrogen-bond acceptors (Lipinski definition) is 13. The van der Waals surface area contributed by atoms with Crippen molar-refractivity contribution in [1.29, 1.82) is 0 Å². The number of aromatic nitrogens is 1. The van der Waals surface area contributed by atoms with Crippen molar-refractivity contribution in [2.45, 2.75) is 43.7 Å².